The molecule has 0 amide bonds. The lowest BCUT2D eigenvalue weighted by Gasteiger charge is -2.40. The van der Waals surface area contributed by atoms with E-state index >= 15 is 0 Å². The van der Waals surface area contributed by atoms with Gasteiger partial charge < -0.3 is 19.7 Å². The molecule has 4 heteroatoms. The first-order valence-electron chi connectivity index (χ1n) is 8.09. The minimum absolute atomic E-state index is 0.509. The van der Waals surface area contributed by atoms with E-state index in [1.54, 1.807) is 0 Å². The predicted octanol–water partition coefficient (Wildman–Crippen LogP) is 3.06. The number of ether oxygens (including phenoxy) is 2. The molecular formula is C17H28N2O2. The van der Waals surface area contributed by atoms with Crippen molar-refractivity contribution in [2.24, 2.45) is 0 Å². The Morgan fingerprint density at radius 2 is 1.86 bits per heavy atom. The van der Waals surface area contributed by atoms with Gasteiger partial charge in [-0.3, -0.25) is 0 Å². The third-order valence-electron chi connectivity index (χ3n) is 3.94. The Hall–Kier alpha value is -1.42. The van der Waals surface area contributed by atoms with E-state index in [0.29, 0.717) is 25.3 Å². The van der Waals surface area contributed by atoms with Crippen LogP contribution in [0.4, 0.5) is 5.69 Å². The largest absolute Gasteiger partial charge is 0.490 e. The molecule has 1 aromatic rings. The molecule has 0 saturated carbocycles. The summed E-state index contributed by atoms with van der Waals surface area (Å²) < 4.78 is 11.4. The van der Waals surface area contributed by atoms with Gasteiger partial charge >= 0.3 is 0 Å². The molecule has 21 heavy (non-hydrogen) atoms. The van der Waals surface area contributed by atoms with E-state index in [-0.39, 0.29) is 0 Å². The van der Waals surface area contributed by atoms with E-state index in [9.17, 15) is 0 Å². The highest BCUT2D eigenvalue weighted by Crippen LogP contribution is 2.33. The van der Waals surface area contributed by atoms with Gasteiger partial charge in [0.15, 0.2) is 11.5 Å². The van der Waals surface area contributed by atoms with E-state index in [1.807, 2.05) is 19.9 Å². The van der Waals surface area contributed by atoms with Crippen LogP contribution in [0, 0.1) is 0 Å². The van der Waals surface area contributed by atoms with Gasteiger partial charge in [-0.25, -0.2) is 0 Å². The van der Waals surface area contributed by atoms with Crippen molar-refractivity contribution in [1.82, 2.24) is 5.32 Å². The van der Waals surface area contributed by atoms with Crippen molar-refractivity contribution in [3.63, 3.8) is 0 Å². The molecule has 1 heterocycles. The van der Waals surface area contributed by atoms with E-state index in [1.165, 1.54) is 5.69 Å². The van der Waals surface area contributed by atoms with Crippen LogP contribution in [-0.2, 0) is 0 Å². The van der Waals surface area contributed by atoms with Crippen LogP contribution >= 0.6 is 0 Å². The predicted molar refractivity (Wildman–Crippen MR) is 87.7 cm³/mol. The first-order chi connectivity index (χ1) is 10.2. The summed E-state index contributed by atoms with van der Waals surface area (Å²) in [6, 6.07) is 7.34. The SMILES string of the molecule is CCOc1ccc(N2CC(C)NCC2CC)cc1OCC. The maximum absolute atomic E-state index is 5.75. The molecular weight excluding hydrogens is 264 g/mol. The van der Waals surface area contributed by atoms with Crippen molar-refractivity contribution in [2.75, 3.05) is 31.2 Å². The van der Waals surface area contributed by atoms with E-state index in [2.05, 4.69) is 36.2 Å². The quantitative estimate of drug-likeness (QED) is 0.874. The summed E-state index contributed by atoms with van der Waals surface area (Å²) in [6.07, 6.45) is 1.14. The maximum atomic E-state index is 5.75. The van der Waals surface area contributed by atoms with Gasteiger partial charge in [0.25, 0.3) is 0 Å². The smallest absolute Gasteiger partial charge is 0.163 e. The zero-order chi connectivity index (χ0) is 15.2. The molecule has 0 bridgehead atoms. The highest BCUT2D eigenvalue weighted by atomic mass is 16.5. The maximum Gasteiger partial charge on any atom is 0.163 e. The Balaban J connectivity index is 2.26. The third-order valence-corrected chi connectivity index (χ3v) is 3.94. The molecule has 0 spiro atoms. The molecule has 1 aliphatic heterocycles. The van der Waals surface area contributed by atoms with Gasteiger partial charge in [0.05, 0.1) is 13.2 Å². The van der Waals surface area contributed by atoms with Crippen molar-refractivity contribution in [3.05, 3.63) is 18.2 Å². The normalized spacial score (nSPS) is 22.2. The Bertz CT molecular complexity index is 450. The lowest BCUT2D eigenvalue weighted by atomic mass is 10.1. The van der Waals surface area contributed by atoms with E-state index in [4.69, 9.17) is 9.47 Å². The first-order valence-corrected chi connectivity index (χ1v) is 8.09. The second-order valence-corrected chi connectivity index (χ2v) is 5.52. The van der Waals surface area contributed by atoms with Crippen LogP contribution in [0.25, 0.3) is 0 Å². The van der Waals surface area contributed by atoms with Gasteiger partial charge in [-0.05, 0) is 39.3 Å². The van der Waals surface area contributed by atoms with Gasteiger partial charge in [0, 0.05) is 36.9 Å². The zero-order valence-corrected chi connectivity index (χ0v) is 13.7. The summed E-state index contributed by atoms with van der Waals surface area (Å²) in [5.74, 6) is 1.68. The summed E-state index contributed by atoms with van der Waals surface area (Å²) >= 11 is 0. The highest BCUT2D eigenvalue weighted by molar-refractivity contribution is 5.57. The average Bonchev–Trinajstić information content (AvgIpc) is 2.49. The number of piperazine rings is 1. The van der Waals surface area contributed by atoms with Crippen LogP contribution in [0.15, 0.2) is 18.2 Å². The minimum atomic E-state index is 0.509. The molecule has 2 rings (SSSR count). The number of nitrogens with zero attached hydrogens (tertiary/aromatic N) is 1. The molecule has 1 saturated heterocycles. The van der Waals surface area contributed by atoms with E-state index < -0.39 is 0 Å². The molecule has 1 aromatic carbocycles. The number of anilines is 1. The fourth-order valence-electron chi connectivity index (χ4n) is 2.86. The van der Waals surface area contributed by atoms with Crippen molar-refractivity contribution in [1.29, 1.82) is 0 Å². The summed E-state index contributed by atoms with van der Waals surface area (Å²) in [4.78, 5) is 2.49. The summed E-state index contributed by atoms with van der Waals surface area (Å²) in [6.45, 7) is 11.8. The molecule has 118 valence electrons. The molecule has 4 nitrogen and oxygen atoms in total. The van der Waals surface area contributed by atoms with Gasteiger partial charge in [0.2, 0.25) is 0 Å². The minimum Gasteiger partial charge on any atom is -0.490 e. The van der Waals surface area contributed by atoms with Gasteiger partial charge in [0.1, 0.15) is 0 Å². The zero-order valence-electron chi connectivity index (χ0n) is 13.7. The van der Waals surface area contributed by atoms with Gasteiger partial charge in [-0.1, -0.05) is 6.92 Å². The Kier molecular flexibility index (Phi) is 5.74. The number of benzene rings is 1. The highest BCUT2D eigenvalue weighted by Gasteiger charge is 2.25. The van der Waals surface area contributed by atoms with Gasteiger partial charge in [-0.2, -0.15) is 0 Å². The molecule has 2 unspecified atom stereocenters. The molecule has 2 atom stereocenters. The van der Waals surface area contributed by atoms with E-state index in [0.717, 1.165) is 31.0 Å². The van der Waals surface area contributed by atoms with Gasteiger partial charge in [-0.15, -0.1) is 0 Å². The van der Waals surface area contributed by atoms with Crippen LogP contribution in [0.2, 0.25) is 0 Å². The third kappa shape index (κ3) is 3.82. The average molecular weight is 292 g/mol. The van der Waals surface area contributed by atoms with Crippen molar-refractivity contribution in [2.45, 2.75) is 46.2 Å². The van der Waals surface area contributed by atoms with Crippen LogP contribution in [-0.4, -0.2) is 38.4 Å². The lowest BCUT2D eigenvalue weighted by molar-refractivity contribution is 0.287. The fraction of sp³-hybridized carbons (Fsp3) is 0.647. The Morgan fingerprint density at radius 3 is 2.52 bits per heavy atom. The van der Waals surface area contributed by atoms with Crippen molar-refractivity contribution >= 4 is 5.69 Å². The fourth-order valence-corrected chi connectivity index (χ4v) is 2.86. The first kappa shape index (κ1) is 16.0. The second kappa shape index (κ2) is 7.55. The van der Waals surface area contributed by atoms with Crippen molar-refractivity contribution in [3.8, 4) is 11.5 Å². The molecule has 1 aliphatic rings. The molecule has 0 aromatic heterocycles. The Morgan fingerprint density at radius 1 is 1.14 bits per heavy atom. The summed E-state index contributed by atoms with van der Waals surface area (Å²) in [7, 11) is 0. The monoisotopic (exact) mass is 292 g/mol. The molecule has 1 N–H and O–H groups in total. The van der Waals surface area contributed by atoms with Crippen LogP contribution in [0.1, 0.15) is 34.1 Å². The standard InChI is InChI=1S/C17H28N2O2/c1-5-14-11-18-13(4)12-19(14)15-8-9-16(20-6-2)17(10-15)21-7-3/h8-10,13-14,18H,5-7,11-12H2,1-4H3. The number of nitrogens with one attached hydrogen (secondary N) is 1. The topological polar surface area (TPSA) is 33.7 Å². The van der Waals surface area contributed by atoms with Crippen molar-refractivity contribution < 1.29 is 9.47 Å². The number of hydrogen-bond acceptors (Lipinski definition) is 4. The molecule has 1 fully saturated rings. The number of rotatable bonds is 6. The second-order valence-electron chi connectivity index (χ2n) is 5.52. The van der Waals surface area contributed by atoms with Crippen LogP contribution < -0.4 is 19.7 Å². The lowest BCUT2D eigenvalue weighted by Crippen LogP contribution is -2.55. The van der Waals surface area contributed by atoms with Crippen LogP contribution in [0.5, 0.6) is 11.5 Å². The number of hydrogen-bond donors (Lipinski definition) is 1. The molecule has 0 radical (unpaired) electrons. The van der Waals surface area contributed by atoms with Crippen LogP contribution in [0.3, 0.4) is 0 Å². The Labute approximate surface area is 128 Å². The summed E-state index contributed by atoms with van der Waals surface area (Å²) in [5.41, 5.74) is 1.22. The summed E-state index contributed by atoms with van der Waals surface area (Å²) in [5, 5.41) is 3.56. The molecule has 0 aliphatic carbocycles.